The Morgan fingerprint density at radius 3 is 2.80 bits per heavy atom. The lowest BCUT2D eigenvalue weighted by Crippen LogP contribution is -2.21. The first-order valence-electron chi connectivity index (χ1n) is 6.99. The smallest absolute Gasteiger partial charge is 0.0998 e. The molecule has 0 radical (unpaired) electrons. The fourth-order valence-corrected chi connectivity index (χ4v) is 3.08. The van der Waals surface area contributed by atoms with Crippen molar-refractivity contribution in [3.63, 3.8) is 0 Å². The van der Waals surface area contributed by atoms with Crippen LogP contribution in [0, 0.1) is 17.2 Å². The maximum Gasteiger partial charge on any atom is 0.0998 e. The van der Waals surface area contributed by atoms with E-state index in [-0.39, 0.29) is 0 Å². The van der Waals surface area contributed by atoms with E-state index >= 15 is 0 Å². The van der Waals surface area contributed by atoms with E-state index in [1.165, 1.54) is 17.5 Å². The number of rotatable bonds is 3. The average molecular weight is 266 g/mol. The molecular weight excluding hydrogens is 248 g/mol. The van der Waals surface area contributed by atoms with Crippen LogP contribution in [0.3, 0.4) is 0 Å². The van der Waals surface area contributed by atoms with Gasteiger partial charge in [-0.15, -0.1) is 0 Å². The van der Waals surface area contributed by atoms with E-state index in [0.29, 0.717) is 5.92 Å². The highest BCUT2D eigenvalue weighted by atomic mass is 16.5. The van der Waals surface area contributed by atoms with Gasteiger partial charge >= 0.3 is 0 Å². The topological polar surface area (TPSA) is 36.3 Å². The highest BCUT2D eigenvalue weighted by Crippen LogP contribution is 2.32. The summed E-state index contributed by atoms with van der Waals surface area (Å²) in [6, 6.07) is 14.5. The third kappa shape index (κ3) is 2.23. The van der Waals surface area contributed by atoms with Gasteiger partial charge in [0.15, 0.2) is 0 Å². The molecule has 1 aliphatic rings. The van der Waals surface area contributed by atoms with Crippen LogP contribution in [0.1, 0.15) is 12.0 Å². The molecule has 0 aliphatic carbocycles. The summed E-state index contributed by atoms with van der Waals surface area (Å²) in [7, 11) is 1.76. The molecule has 3 heteroatoms. The Morgan fingerprint density at radius 1 is 1.25 bits per heavy atom. The predicted octanol–water partition coefficient (Wildman–Crippen LogP) is 3.18. The fraction of sp³-hybridized carbons (Fsp3) is 0.353. The summed E-state index contributed by atoms with van der Waals surface area (Å²) < 4.78 is 5.26. The van der Waals surface area contributed by atoms with E-state index in [4.69, 9.17) is 4.74 Å². The molecule has 0 N–H and O–H groups in total. The Hall–Kier alpha value is -2.05. The van der Waals surface area contributed by atoms with Crippen LogP contribution >= 0.6 is 0 Å². The number of hydrogen-bond donors (Lipinski definition) is 0. The van der Waals surface area contributed by atoms with Crippen LogP contribution in [0.15, 0.2) is 36.4 Å². The molecule has 2 aromatic carbocycles. The van der Waals surface area contributed by atoms with Gasteiger partial charge in [-0.3, -0.25) is 0 Å². The van der Waals surface area contributed by atoms with Gasteiger partial charge in [0, 0.05) is 42.6 Å². The Labute approximate surface area is 119 Å². The van der Waals surface area contributed by atoms with Gasteiger partial charge in [-0.2, -0.15) is 5.26 Å². The van der Waals surface area contributed by atoms with E-state index in [1.807, 2.05) is 24.3 Å². The van der Waals surface area contributed by atoms with Crippen molar-refractivity contribution >= 4 is 16.5 Å². The van der Waals surface area contributed by atoms with Crippen molar-refractivity contribution in [2.45, 2.75) is 6.42 Å². The Balaban J connectivity index is 1.99. The summed E-state index contributed by atoms with van der Waals surface area (Å²) in [5.41, 5.74) is 1.98. The van der Waals surface area contributed by atoms with Gasteiger partial charge < -0.3 is 9.64 Å². The second-order valence-electron chi connectivity index (χ2n) is 5.35. The van der Waals surface area contributed by atoms with Gasteiger partial charge in [0.1, 0.15) is 0 Å². The Morgan fingerprint density at radius 2 is 2.05 bits per heavy atom. The summed E-state index contributed by atoms with van der Waals surface area (Å²) >= 11 is 0. The van der Waals surface area contributed by atoms with E-state index in [0.717, 1.165) is 30.6 Å². The molecule has 0 bridgehead atoms. The monoisotopic (exact) mass is 266 g/mol. The molecule has 2 aromatic rings. The molecule has 1 heterocycles. The molecule has 0 aromatic heterocycles. The number of methoxy groups -OCH3 is 1. The van der Waals surface area contributed by atoms with E-state index < -0.39 is 0 Å². The summed E-state index contributed by atoms with van der Waals surface area (Å²) in [5.74, 6) is 0.606. The number of nitrogens with zero attached hydrogens (tertiary/aromatic N) is 2. The third-order valence-corrected chi connectivity index (χ3v) is 4.05. The number of fused-ring (bicyclic) bond motifs is 1. The first-order chi connectivity index (χ1) is 9.83. The summed E-state index contributed by atoms with van der Waals surface area (Å²) in [4.78, 5) is 2.41. The molecule has 20 heavy (non-hydrogen) atoms. The van der Waals surface area contributed by atoms with Crippen LogP contribution in [0.25, 0.3) is 10.8 Å². The maximum absolute atomic E-state index is 9.22. The van der Waals surface area contributed by atoms with Crippen LogP contribution < -0.4 is 4.90 Å². The second-order valence-corrected chi connectivity index (χ2v) is 5.35. The second kappa shape index (κ2) is 5.52. The zero-order valence-corrected chi connectivity index (χ0v) is 11.7. The highest BCUT2D eigenvalue weighted by Gasteiger charge is 2.23. The summed E-state index contributed by atoms with van der Waals surface area (Å²) in [6.45, 7) is 2.92. The first kappa shape index (κ1) is 13.0. The number of ether oxygens (including phenoxy) is 1. The number of benzene rings is 2. The largest absolute Gasteiger partial charge is 0.384 e. The quantitative estimate of drug-likeness (QED) is 0.856. The molecule has 3 nitrogen and oxygen atoms in total. The van der Waals surface area contributed by atoms with Gasteiger partial charge in [-0.25, -0.2) is 0 Å². The van der Waals surface area contributed by atoms with Crippen LogP contribution in [-0.2, 0) is 4.74 Å². The van der Waals surface area contributed by atoms with Crippen LogP contribution in [0.5, 0.6) is 0 Å². The molecule has 1 unspecified atom stereocenters. The van der Waals surface area contributed by atoms with Crippen LogP contribution in [-0.4, -0.2) is 26.8 Å². The predicted molar refractivity (Wildman–Crippen MR) is 80.9 cm³/mol. The molecular formula is C17H18N2O. The van der Waals surface area contributed by atoms with Crippen LogP contribution in [0.4, 0.5) is 5.69 Å². The molecule has 1 fully saturated rings. The van der Waals surface area contributed by atoms with E-state index in [1.54, 1.807) is 7.11 Å². The Bertz CT molecular complexity index is 660. The van der Waals surface area contributed by atoms with Crippen molar-refractivity contribution < 1.29 is 4.74 Å². The average Bonchev–Trinajstić information content (AvgIpc) is 2.95. The molecule has 1 saturated heterocycles. The number of nitriles is 1. The lowest BCUT2D eigenvalue weighted by Gasteiger charge is -2.21. The van der Waals surface area contributed by atoms with Crippen molar-refractivity contribution in [1.29, 1.82) is 5.26 Å². The van der Waals surface area contributed by atoms with Gasteiger partial charge in [-0.05, 0) is 18.6 Å². The fourth-order valence-electron chi connectivity index (χ4n) is 3.08. The molecule has 1 aliphatic heterocycles. The van der Waals surface area contributed by atoms with Crippen molar-refractivity contribution in [2.24, 2.45) is 5.92 Å². The van der Waals surface area contributed by atoms with Gasteiger partial charge in [-0.1, -0.05) is 24.3 Å². The zero-order valence-electron chi connectivity index (χ0n) is 11.7. The Kier molecular flexibility index (Phi) is 3.58. The minimum absolute atomic E-state index is 0.606. The molecule has 0 saturated carbocycles. The molecule has 102 valence electrons. The summed E-state index contributed by atoms with van der Waals surface area (Å²) in [5, 5.41) is 11.4. The van der Waals surface area contributed by atoms with Crippen molar-refractivity contribution in [2.75, 3.05) is 31.7 Å². The van der Waals surface area contributed by atoms with Crippen molar-refractivity contribution in [1.82, 2.24) is 0 Å². The maximum atomic E-state index is 9.22. The van der Waals surface area contributed by atoms with Crippen LogP contribution in [0.2, 0.25) is 0 Å². The normalized spacial score (nSPS) is 18.4. The highest BCUT2D eigenvalue weighted by molar-refractivity contribution is 5.97. The SMILES string of the molecule is COCC1CCN(c2ccc(C#N)c3ccccc23)C1. The lowest BCUT2D eigenvalue weighted by molar-refractivity contribution is 0.161. The zero-order chi connectivity index (χ0) is 13.9. The van der Waals surface area contributed by atoms with E-state index in [9.17, 15) is 5.26 Å². The number of anilines is 1. The van der Waals surface area contributed by atoms with Gasteiger partial charge in [0.25, 0.3) is 0 Å². The van der Waals surface area contributed by atoms with Gasteiger partial charge in [0.05, 0.1) is 18.2 Å². The third-order valence-electron chi connectivity index (χ3n) is 4.05. The lowest BCUT2D eigenvalue weighted by atomic mass is 10.0. The first-order valence-corrected chi connectivity index (χ1v) is 6.99. The minimum atomic E-state index is 0.606. The minimum Gasteiger partial charge on any atom is -0.384 e. The van der Waals surface area contributed by atoms with Crippen molar-refractivity contribution in [3.05, 3.63) is 42.0 Å². The number of hydrogen-bond acceptors (Lipinski definition) is 3. The molecule has 0 amide bonds. The summed E-state index contributed by atoms with van der Waals surface area (Å²) in [6.07, 6.45) is 1.17. The standard InChI is InChI=1S/C17H18N2O/c1-20-12-13-8-9-19(11-13)17-7-6-14(10-18)15-4-2-3-5-16(15)17/h2-7,13H,8-9,11-12H2,1H3. The molecule has 3 rings (SSSR count). The van der Waals surface area contributed by atoms with Gasteiger partial charge in [0.2, 0.25) is 0 Å². The molecule has 1 atom stereocenters. The molecule has 0 spiro atoms. The van der Waals surface area contributed by atoms with E-state index in [2.05, 4.69) is 23.1 Å². The van der Waals surface area contributed by atoms with Crippen molar-refractivity contribution in [3.8, 4) is 6.07 Å².